The molecule has 0 amide bonds. The fraction of sp³-hybridized carbons (Fsp3) is 0.231. The Labute approximate surface area is 90.9 Å². The predicted octanol–water partition coefficient (Wildman–Crippen LogP) is 4.80. The van der Waals surface area contributed by atoms with Gasteiger partial charge in [-0.1, -0.05) is 48.9 Å². The van der Waals surface area contributed by atoms with Crippen molar-refractivity contribution in [3.05, 3.63) is 46.5 Å². The topological polar surface area (TPSA) is 0 Å². The molecule has 0 aliphatic carbocycles. The summed E-state index contributed by atoms with van der Waals surface area (Å²) in [7, 11) is 0. The molecule has 1 aromatic rings. The number of hydrogen-bond donors (Lipinski definition) is 0. The first-order valence-electron chi connectivity index (χ1n) is 4.86. The molecule has 0 bridgehead atoms. The standard InChI is InChI=1S/C13H15Cl/c1-3-5-7-12-10-13(14)9-8-11(12)6-4-2/h4-10H,3H2,1-2H3/b6-4+,7-5-. The van der Waals surface area contributed by atoms with Gasteiger partial charge in [0.1, 0.15) is 0 Å². The molecule has 0 heterocycles. The average molecular weight is 207 g/mol. The predicted molar refractivity (Wildman–Crippen MR) is 65.5 cm³/mol. The van der Waals surface area contributed by atoms with Gasteiger partial charge >= 0.3 is 0 Å². The molecule has 14 heavy (non-hydrogen) atoms. The second-order valence-corrected chi connectivity index (χ2v) is 3.52. The molecule has 0 saturated carbocycles. The van der Waals surface area contributed by atoms with Gasteiger partial charge in [-0.3, -0.25) is 0 Å². The highest BCUT2D eigenvalue weighted by Crippen LogP contribution is 2.19. The normalized spacial score (nSPS) is 11.6. The van der Waals surface area contributed by atoms with Crippen LogP contribution in [0.25, 0.3) is 12.2 Å². The molecule has 1 rings (SSSR count). The molecule has 0 aromatic heterocycles. The summed E-state index contributed by atoms with van der Waals surface area (Å²) in [5, 5.41) is 0.786. The van der Waals surface area contributed by atoms with E-state index in [0.29, 0.717) is 0 Å². The molecule has 0 aliphatic heterocycles. The van der Waals surface area contributed by atoms with E-state index in [1.54, 1.807) is 0 Å². The Morgan fingerprint density at radius 1 is 1.21 bits per heavy atom. The molecular weight excluding hydrogens is 192 g/mol. The fourth-order valence-corrected chi connectivity index (χ4v) is 1.45. The Bertz CT molecular complexity index is 348. The van der Waals surface area contributed by atoms with Gasteiger partial charge in [-0.05, 0) is 36.6 Å². The van der Waals surface area contributed by atoms with Gasteiger partial charge in [0, 0.05) is 5.02 Å². The van der Waals surface area contributed by atoms with Gasteiger partial charge in [0.2, 0.25) is 0 Å². The van der Waals surface area contributed by atoms with Crippen molar-refractivity contribution in [2.45, 2.75) is 20.3 Å². The van der Waals surface area contributed by atoms with Crippen LogP contribution in [0.15, 0.2) is 30.4 Å². The van der Waals surface area contributed by atoms with E-state index in [1.807, 2.05) is 31.2 Å². The fourth-order valence-electron chi connectivity index (χ4n) is 1.27. The molecule has 1 aromatic carbocycles. The van der Waals surface area contributed by atoms with Gasteiger partial charge in [-0.25, -0.2) is 0 Å². The van der Waals surface area contributed by atoms with Crippen LogP contribution in [0.1, 0.15) is 31.4 Å². The maximum atomic E-state index is 5.94. The summed E-state index contributed by atoms with van der Waals surface area (Å²) in [5.41, 5.74) is 2.39. The molecule has 74 valence electrons. The number of rotatable bonds is 3. The van der Waals surface area contributed by atoms with Crippen LogP contribution in [-0.2, 0) is 0 Å². The summed E-state index contributed by atoms with van der Waals surface area (Å²) in [6.45, 7) is 4.14. The molecular formula is C13H15Cl. The van der Waals surface area contributed by atoms with Crippen molar-refractivity contribution in [2.75, 3.05) is 0 Å². The highest BCUT2D eigenvalue weighted by Gasteiger charge is 1.96. The Morgan fingerprint density at radius 2 is 2.00 bits per heavy atom. The molecule has 0 unspecified atom stereocenters. The molecule has 0 N–H and O–H groups in total. The van der Waals surface area contributed by atoms with E-state index < -0.39 is 0 Å². The number of allylic oxidation sites excluding steroid dienone is 2. The highest BCUT2D eigenvalue weighted by atomic mass is 35.5. The van der Waals surface area contributed by atoms with Gasteiger partial charge in [0.25, 0.3) is 0 Å². The quantitative estimate of drug-likeness (QED) is 0.667. The lowest BCUT2D eigenvalue weighted by Gasteiger charge is -2.01. The van der Waals surface area contributed by atoms with Gasteiger partial charge in [-0.15, -0.1) is 0 Å². The van der Waals surface area contributed by atoms with E-state index in [2.05, 4.69) is 25.2 Å². The van der Waals surface area contributed by atoms with Crippen LogP contribution < -0.4 is 0 Å². The summed E-state index contributed by atoms with van der Waals surface area (Å²) < 4.78 is 0. The van der Waals surface area contributed by atoms with Crippen LogP contribution in [0, 0.1) is 0 Å². The maximum absolute atomic E-state index is 5.94. The van der Waals surface area contributed by atoms with Crippen molar-refractivity contribution in [1.82, 2.24) is 0 Å². The summed E-state index contributed by atoms with van der Waals surface area (Å²) in [5.74, 6) is 0. The third-order valence-corrected chi connectivity index (χ3v) is 2.16. The summed E-state index contributed by atoms with van der Waals surface area (Å²) in [6, 6.07) is 5.95. The van der Waals surface area contributed by atoms with E-state index in [9.17, 15) is 0 Å². The third kappa shape index (κ3) is 3.04. The molecule has 0 nitrogen and oxygen atoms in total. The lowest BCUT2D eigenvalue weighted by molar-refractivity contribution is 1.23. The van der Waals surface area contributed by atoms with Crippen LogP contribution in [0.5, 0.6) is 0 Å². The van der Waals surface area contributed by atoms with Crippen LogP contribution in [-0.4, -0.2) is 0 Å². The summed E-state index contributed by atoms with van der Waals surface area (Å²) in [4.78, 5) is 0. The Balaban J connectivity index is 3.08. The molecule has 0 atom stereocenters. The van der Waals surface area contributed by atoms with E-state index >= 15 is 0 Å². The van der Waals surface area contributed by atoms with E-state index in [-0.39, 0.29) is 0 Å². The van der Waals surface area contributed by atoms with Crippen molar-refractivity contribution in [3.8, 4) is 0 Å². The average Bonchev–Trinajstić information content (AvgIpc) is 2.18. The summed E-state index contributed by atoms with van der Waals surface area (Å²) in [6.07, 6.45) is 9.42. The summed E-state index contributed by atoms with van der Waals surface area (Å²) >= 11 is 5.94. The van der Waals surface area contributed by atoms with E-state index in [1.165, 1.54) is 11.1 Å². The Kier molecular flexibility index (Phi) is 4.48. The van der Waals surface area contributed by atoms with Crippen LogP contribution in [0.2, 0.25) is 5.02 Å². The Morgan fingerprint density at radius 3 is 2.64 bits per heavy atom. The number of benzene rings is 1. The van der Waals surface area contributed by atoms with Gasteiger partial charge in [-0.2, -0.15) is 0 Å². The van der Waals surface area contributed by atoms with E-state index in [0.717, 1.165) is 11.4 Å². The second kappa shape index (κ2) is 5.66. The van der Waals surface area contributed by atoms with Crippen LogP contribution >= 0.6 is 11.6 Å². The van der Waals surface area contributed by atoms with Crippen LogP contribution in [0.4, 0.5) is 0 Å². The number of halogens is 1. The lowest BCUT2D eigenvalue weighted by atomic mass is 10.1. The van der Waals surface area contributed by atoms with Crippen LogP contribution in [0.3, 0.4) is 0 Å². The minimum atomic E-state index is 0.786. The Hall–Kier alpha value is -1.01. The SMILES string of the molecule is C/C=C/c1ccc(Cl)cc1/C=C\CC. The molecule has 0 aliphatic rings. The molecule has 0 radical (unpaired) electrons. The second-order valence-electron chi connectivity index (χ2n) is 3.08. The van der Waals surface area contributed by atoms with E-state index in [4.69, 9.17) is 11.6 Å². The van der Waals surface area contributed by atoms with Crippen molar-refractivity contribution in [3.63, 3.8) is 0 Å². The van der Waals surface area contributed by atoms with Gasteiger partial charge < -0.3 is 0 Å². The van der Waals surface area contributed by atoms with Crippen molar-refractivity contribution in [1.29, 1.82) is 0 Å². The van der Waals surface area contributed by atoms with Crippen molar-refractivity contribution in [2.24, 2.45) is 0 Å². The first-order valence-corrected chi connectivity index (χ1v) is 5.24. The zero-order valence-corrected chi connectivity index (χ0v) is 9.38. The van der Waals surface area contributed by atoms with Gasteiger partial charge in [0.05, 0.1) is 0 Å². The molecule has 0 spiro atoms. The molecule has 1 heteroatoms. The number of hydrogen-bond acceptors (Lipinski definition) is 0. The van der Waals surface area contributed by atoms with Gasteiger partial charge in [0.15, 0.2) is 0 Å². The first kappa shape index (κ1) is 11.1. The van der Waals surface area contributed by atoms with Crippen molar-refractivity contribution < 1.29 is 0 Å². The molecule has 0 fully saturated rings. The smallest absolute Gasteiger partial charge is 0.0412 e. The minimum absolute atomic E-state index is 0.786. The highest BCUT2D eigenvalue weighted by molar-refractivity contribution is 6.30. The zero-order valence-electron chi connectivity index (χ0n) is 8.63. The van der Waals surface area contributed by atoms with Crippen molar-refractivity contribution >= 4 is 23.8 Å². The maximum Gasteiger partial charge on any atom is 0.0412 e. The molecule has 0 saturated heterocycles. The monoisotopic (exact) mass is 206 g/mol. The zero-order chi connectivity index (χ0) is 10.4. The largest absolute Gasteiger partial charge is 0.0870 e. The lowest BCUT2D eigenvalue weighted by Crippen LogP contribution is -1.80. The first-order chi connectivity index (χ1) is 6.77. The minimum Gasteiger partial charge on any atom is -0.0870 e. The third-order valence-electron chi connectivity index (χ3n) is 1.93.